The second-order valence-corrected chi connectivity index (χ2v) is 13.7. The van der Waals surface area contributed by atoms with Gasteiger partial charge in [0, 0.05) is 18.4 Å². The molecular formula is C41H42O19. The van der Waals surface area contributed by atoms with Crippen molar-refractivity contribution in [1.82, 2.24) is 0 Å². The molecule has 0 saturated carbocycles. The molecule has 4 aromatic rings. The van der Waals surface area contributed by atoms with Crippen LogP contribution in [0.1, 0.15) is 40.2 Å². The lowest BCUT2D eigenvalue weighted by Crippen LogP contribution is -2.60. The molecule has 1 saturated heterocycles. The first kappa shape index (κ1) is 44.3. The Bertz CT molecular complexity index is 2220. The Hall–Kier alpha value is -6.77. The van der Waals surface area contributed by atoms with Gasteiger partial charge in [-0.3, -0.25) is 4.79 Å². The summed E-state index contributed by atoms with van der Waals surface area (Å²) in [5.74, 6) is -8.93. The largest absolute Gasteiger partial charge is 0.504 e. The lowest BCUT2D eigenvalue weighted by molar-refractivity contribution is -0.302. The fourth-order valence-electron chi connectivity index (χ4n) is 6.41. The van der Waals surface area contributed by atoms with Gasteiger partial charge in [-0.1, -0.05) is 18.2 Å². The number of hydrogen-bond acceptors (Lipinski definition) is 18. The predicted octanol–water partition coefficient (Wildman–Crippen LogP) is 1.72. The molecule has 5 rings (SSSR count). The highest BCUT2D eigenvalue weighted by Crippen LogP contribution is 2.40. The zero-order chi connectivity index (χ0) is 43.8. The topological polar surface area (TPSA) is 331 Å². The van der Waals surface area contributed by atoms with Crippen LogP contribution in [0, 0.1) is 0 Å². The highest BCUT2D eigenvalue weighted by atomic mass is 16.7. The van der Waals surface area contributed by atoms with Crippen LogP contribution in [0.2, 0.25) is 0 Å². The normalized spacial score (nSPS) is 20.0. The van der Waals surface area contributed by atoms with Gasteiger partial charge in [-0.15, -0.1) is 0 Å². The van der Waals surface area contributed by atoms with Crippen LogP contribution in [0.15, 0.2) is 72.8 Å². The molecule has 1 aliphatic rings. The molecule has 0 amide bonds. The van der Waals surface area contributed by atoms with E-state index in [1.165, 1.54) is 36.4 Å². The molecule has 19 heteroatoms. The summed E-state index contributed by atoms with van der Waals surface area (Å²) in [6, 6.07) is 13.1. The van der Waals surface area contributed by atoms with Crippen LogP contribution in [0.3, 0.4) is 0 Å². The zero-order valence-electron chi connectivity index (χ0n) is 31.3. The van der Waals surface area contributed by atoms with E-state index >= 15 is 0 Å². The van der Waals surface area contributed by atoms with Crippen molar-refractivity contribution in [2.45, 2.75) is 62.0 Å². The zero-order valence-corrected chi connectivity index (χ0v) is 31.3. The molecule has 60 heavy (non-hydrogen) atoms. The Morgan fingerprint density at radius 3 is 1.98 bits per heavy atom. The third-order valence-electron chi connectivity index (χ3n) is 9.53. The van der Waals surface area contributed by atoms with Crippen molar-refractivity contribution >= 4 is 24.0 Å². The van der Waals surface area contributed by atoms with E-state index in [1.807, 2.05) is 0 Å². The van der Waals surface area contributed by atoms with Gasteiger partial charge >= 0.3 is 17.9 Å². The number of esters is 2. The van der Waals surface area contributed by atoms with Crippen LogP contribution in [0.4, 0.5) is 0 Å². The third-order valence-corrected chi connectivity index (χ3v) is 9.53. The van der Waals surface area contributed by atoms with Crippen LogP contribution in [-0.2, 0) is 46.2 Å². The fraction of sp³-hybridized carbons (Fsp3) is 0.293. The van der Waals surface area contributed by atoms with Gasteiger partial charge in [0.25, 0.3) is 0 Å². The van der Waals surface area contributed by atoms with Crippen LogP contribution >= 0.6 is 0 Å². The van der Waals surface area contributed by atoms with Gasteiger partial charge in [0.1, 0.15) is 18.3 Å². The number of aliphatic carboxylic acids is 1. The monoisotopic (exact) mass is 838 g/mol. The van der Waals surface area contributed by atoms with Crippen molar-refractivity contribution in [3.8, 4) is 46.0 Å². The van der Waals surface area contributed by atoms with E-state index in [1.54, 1.807) is 0 Å². The number of aliphatic hydroxyl groups is 3. The summed E-state index contributed by atoms with van der Waals surface area (Å²) in [7, 11) is 0. The Morgan fingerprint density at radius 1 is 0.733 bits per heavy atom. The molecule has 0 aromatic heterocycles. The molecule has 320 valence electrons. The summed E-state index contributed by atoms with van der Waals surface area (Å²) in [6.45, 7) is -1.15. The number of carbonyl (C=O) groups excluding carboxylic acids is 2. The van der Waals surface area contributed by atoms with Crippen molar-refractivity contribution in [2.75, 3.05) is 13.2 Å². The number of benzene rings is 4. The van der Waals surface area contributed by atoms with Crippen LogP contribution in [0.25, 0.3) is 6.08 Å². The molecule has 0 bridgehead atoms. The lowest BCUT2D eigenvalue weighted by Gasteiger charge is -2.41. The van der Waals surface area contributed by atoms with E-state index in [9.17, 15) is 75.7 Å². The van der Waals surface area contributed by atoms with Gasteiger partial charge in [-0.2, -0.15) is 0 Å². The molecule has 0 spiro atoms. The molecule has 0 aliphatic carbocycles. The Kier molecular flexibility index (Phi) is 14.3. The number of phenolic OH excluding ortho intramolecular Hbond substituents is 8. The number of carboxylic acids is 1. The maximum atomic E-state index is 13.4. The first-order chi connectivity index (χ1) is 28.4. The average molecular weight is 839 g/mol. The van der Waals surface area contributed by atoms with Gasteiger partial charge in [-0.05, 0) is 88.8 Å². The Labute approximate surface area is 340 Å². The molecule has 4 aromatic carbocycles. The Morgan fingerprint density at radius 2 is 1.35 bits per heavy atom. The first-order valence-corrected chi connectivity index (χ1v) is 18.1. The number of aliphatic hydroxyl groups excluding tert-OH is 3. The van der Waals surface area contributed by atoms with E-state index in [2.05, 4.69) is 0 Å². The van der Waals surface area contributed by atoms with Gasteiger partial charge in [0.05, 0.1) is 19.6 Å². The van der Waals surface area contributed by atoms with E-state index in [-0.39, 0.29) is 41.0 Å². The van der Waals surface area contributed by atoms with Gasteiger partial charge < -0.3 is 80.2 Å². The van der Waals surface area contributed by atoms with Crippen molar-refractivity contribution in [2.24, 2.45) is 0 Å². The molecule has 1 aliphatic heterocycles. The number of hydrogen-bond donors (Lipinski definition) is 12. The van der Waals surface area contributed by atoms with E-state index in [4.69, 9.17) is 18.9 Å². The minimum atomic E-state index is -1.84. The van der Waals surface area contributed by atoms with Gasteiger partial charge in [0.15, 0.2) is 58.4 Å². The third kappa shape index (κ3) is 10.8. The molecule has 1 fully saturated rings. The molecule has 12 N–H and O–H groups in total. The van der Waals surface area contributed by atoms with Crippen LogP contribution in [-0.4, -0.2) is 129 Å². The summed E-state index contributed by atoms with van der Waals surface area (Å²) in [5, 5.41) is 122. The number of rotatable bonds is 16. The molecule has 0 unspecified atom stereocenters. The quantitative estimate of drug-likeness (QED) is 0.0434. The van der Waals surface area contributed by atoms with Crippen LogP contribution in [0.5, 0.6) is 46.0 Å². The maximum Gasteiger partial charge on any atom is 0.345 e. The summed E-state index contributed by atoms with van der Waals surface area (Å²) < 4.78 is 21.9. The van der Waals surface area contributed by atoms with Crippen molar-refractivity contribution in [3.63, 3.8) is 0 Å². The predicted molar refractivity (Wildman–Crippen MR) is 203 cm³/mol. The second kappa shape index (κ2) is 19.3. The standard InChI is InChI=1S/C41H42O19/c42-18-34-39(60-35(51)8-3-19-1-5-25(43)28(46)11-19)37(53)38(54)41(59-34)57-10-9-22-15-31(49)32(50)16-23(22)24(21-4-7-27(45)30(48)14-21)17-36(52)58-33(40(55)56)13-20-2-6-26(44)29(47)12-20/h1-8,11-12,14-16,24,33-34,37-39,41-50,53-54H,9-10,13,17-18H2,(H,55,56)/b8-3+/t24-,33+,34+,37+,38+,39+,41+/m0/s1. The smallest absolute Gasteiger partial charge is 0.345 e. The minimum absolute atomic E-state index is 0.132. The van der Waals surface area contributed by atoms with E-state index in [0.29, 0.717) is 5.56 Å². The number of aromatic hydroxyl groups is 8. The highest BCUT2D eigenvalue weighted by molar-refractivity contribution is 5.87. The molecule has 19 nitrogen and oxygen atoms in total. The minimum Gasteiger partial charge on any atom is -0.504 e. The number of carboxylic acid groups (broad SMARTS) is 1. The van der Waals surface area contributed by atoms with Crippen molar-refractivity contribution < 1.29 is 94.6 Å². The Balaban J connectivity index is 1.32. The molecule has 7 atom stereocenters. The van der Waals surface area contributed by atoms with E-state index in [0.717, 1.165) is 42.5 Å². The number of ether oxygens (including phenoxy) is 4. The van der Waals surface area contributed by atoms with E-state index < -0.39 is 120 Å². The van der Waals surface area contributed by atoms with Crippen molar-refractivity contribution in [1.29, 1.82) is 0 Å². The molecule has 0 radical (unpaired) electrons. The number of carbonyl (C=O) groups is 3. The molecule has 1 heterocycles. The first-order valence-electron chi connectivity index (χ1n) is 18.1. The summed E-state index contributed by atoms with van der Waals surface area (Å²) in [4.78, 5) is 38.1. The van der Waals surface area contributed by atoms with Gasteiger partial charge in [0.2, 0.25) is 6.10 Å². The summed E-state index contributed by atoms with van der Waals surface area (Å²) in [5.41, 5.74) is 1.02. The van der Waals surface area contributed by atoms with Gasteiger partial charge in [-0.25, -0.2) is 9.59 Å². The summed E-state index contributed by atoms with van der Waals surface area (Å²) in [6.07, 6.45) is -9.06. The van der Waals surface area contributed by atoms with Crippen molar-refractivity contribution in [3.05, 3.63) is 101 Å². The fourth-order valence-corrected chi connectivity index (χ4v) is 6.41. The molecular weight excluding hydrogens is 796 g/mol. The average Bonchev–Trinajstić information content (AvgIpc) is 3.20. The second-order valence-electron chi connectivity index (χ2n) is 13.7. The maximum absolute atomic E-state index is 13.4. The van der Waals surface area contributed by atoms with Crippen LogP contribution < -0.4 is 0 Å². The summed E-state index contributed by atoms with van der Waals surface area (Å²) >= 11 is 0. The number of phenols is 8. The highest BCUT2D eigenvalue weighted by Gasteiger charge is 2.47. The lowest BCUT2D eigenvalue weighted by atomic mass is 9.84. The SMILES string of the molecule is O=C(/C=C/c1ccc(O)c(O)c1)O[C@H]1[C@H](O)[C@@H](O)[C@H](OCCc2cc(O)c(O)cc2[C@@H](CC(=O)O[C@H](Cc2ccc(O)c(O)c2)C(=O)O)c2ccc(O)c(O)c2)O[C@@H]1CO.